The molecule has 5 aromatic heterocycles. The molecule has 0 radical (unpaired) electrons. The van der Waals surface area contributed by atoms with E-state index in [0.717, 1.165) is 11.2 Å². The third kappa shape index (κ3) is 4.88. The molecule has 6 rings (SSSR count). The van der Waals surface area contributed by atoms with Crippen LogP contribution in [0.5, 0.6) is 0 Å². The zero-order valence-corrected chi connectivity index (χ0v) is 20.4. The predicted molar refractivity (Wildman–Crippen MR) is 119 cm³/mol. The second-order valence-electron chi connectivity index (χ2n) is 7.21. The normalized spacial score (nSPS) is 13.5. The van der Waals surface area contributed by atoms with Crippen LogP contribution in [0.2, 0.25) is 0 Å². The minimum absolute atomic E-state index is 0. The zero-order chi connectivity index (χ0) is 21.0. The molecule has 1 fully saturated rings. The number of anilines is 1. The van der Waals surface area contributed by atoms with Gasteiger partial charge in [-0.3, -0.25) is 9.89 Å². The molecule has 1 N–H and O–H groups in total. The molecule has 0 atom stereocenters. The van der Waals surface area contributed by atoms with E-state index in [1.165, 1.54) is 41.7 Å². The number of nitrogens with one attached hydrogen (secondary N) is 1. The Balaban J connectivity index is 0.000000205. The van der Waals surface area contributed by atoms with E-state index in [4.69, 9.17) is 0 Å². The largest absolute Gasteiger partial charge is 1.00 e. The van der Waals surface area contributed by atoms with Crippen molar-refractivity contribution in [2.24, 2.45) is 0 Å². The van der Waals surface area contributed by atoms with Gasteiger partial charge in [0.05, 0.1) is 29.2 Å². The van der Waals surface area contributed by atoms with Crippen molar-refractivity contribution in [3.8, 4) is 5.69 Å². The van der Waals surface area contributed by atoms with Crippen LogP contribution in [0.3, 0.4) is 0 Å². The first kappa shape index (κ1) is 22.5. The Morgan fingerprint density at radius 1 is 1.12 bits per heavy atom. The fourth-order valence-corrected chi connectivity index (χ4v) is 4.33. The standard InChI is InChI=1S/C16H16N4OS.C5H3N4.Na/c21-16-14-10-22-9-11(14)7-18-20(16)13-5-6-15(17-8-13)19-12-3-1-2-4-12;1-2-6-5-7-4-8-9(5)3-1;/h5-10,12H,1-4H2,(H,17,19);1-3H;/q;-1;+1. The molecule has 1 aliphatic rings. The van der Waals surface area contributed by atoms with E-state index in [9.17, 15) is 4.79 Å². The number of fused-ring (bicyclic) bond motifs is 2. The molecule has 0 spiro atoms. The van der Waals surface area contributed by atoms with Crippen LogP contribution in [0.15, 0.2) is 58.5 Å². The third-order valence-electron chi connectivity index (χ3n) is 5.14. The molecule has 156 valence electrons. The van der Waals surface area contributed by atoms with Gasteiger partial charge in [-0.25, -0.2) is 4.98 Å². The van der Waals surface area contributed by atoms with Crippen LogP contribution >= 0.6 is 11.3 Å². The fourth-order valence-electron chi connectivity index (χ4n) is 3.56. The summed E-state index contributed by atoms with van der Waals surface area (Å²) in [5.74, 6) is 1.44. The van der Waals surface area contributed by atoms with Crippen LogP contribution in [0.4, 0.5) is 5.82 Å². The summed E-state index contributed by atoms with van der Waals surface area (Å²) in [7, 11) is 0. The average molecular weight is 454 g/mol. The summed E-state index contributed by atoms with van der Waals surface area (Å²) in [5.41, 5.74) is 0.590. The quantitative estimate of drug-likeness (QED) is 0.305. The first-order valence-corrected chi connectivity index (χ1v) is 10.9. The summed E-state index contributed by atoms with van der Waals surface area (Å²) in [6.07, 6.45) is 14.3. The SMILES string of the molecule is O=c1c2cscc2cnn1-c1ccc(NC2CCCC2)nc1.[Na+].[c-]1nc2ncccn2n1. The first-order chi connectivity index (χ1) is 15.3. The molecule has 9 nitrogen and oxygen atoms in total. The Bertz CT molecular complexity index is 1330. The summed E-state index contributed by atoms with van der Waals surface area (Å²) in [6, 6.07) is 6.12. The van der Waals surface area contributed by atoms with Crippen LogP contribution in [-0.4, -0.2) is 40.4 Å². The van der Waals surface area contributed by atoms with Gasteiger partial charge in [-0.2, -0.15) is 21.1 Å². The summed E-state index contributed by atoms with van der Waals surface area (Å²) >= 11 is 1.51. The van der Waals surface area contributed by atoms with Crippen LogP contribution in [0, 0.1) is 6.33 Å². The number of rotatable bonds is 3. The van der Waals surface area contributed by atoms with Gasteiger partial charge in [-0.1, -0.05) is 12.8 Å². The van der Waals surface area contributed by atoms with Gasteiger partial charge in [0, 0.05) is 34.6 Å². The molecule has 0 amide bonds. The van der Waals surface area contributed by atoms with Crippen LogP contribution in [0.1, 0.15) is 25.7 Å². The Hall–Kier alpha value is -2.66. The van der Waals surface area contributed by atoms with Gasteiger partial charge in [0.15, 0.2) is 0 Å². The van der Waals surface area contributed by atoms with Crippen molar-refractivity contribution in [3.05, 3.63) is 70.4 Å². The molecule has 0 saturated heterocycles. The van der Waals surface area contributed by atoms with Crippen molar-refractivity contribution in [1.82, 2.24) is 34.3 Å². The summed E-state index contributed by atoms with van der Waals surface area (Å²) in [5, 5.41) is 16.8. The van der Waals surface area contributed by atoms with Gasteiger partial charge in [0.25, 0.3) is 5.56 Å². The minimum atomic E-state index is -0.1000. The number of thiophene rings is 1. The summed E-state index contributed by atoms with van der Waals surface area (Å²) in [4.78, 5) is 24.5. The van der Waals surface area contributed by atoms with Gasteiger partial charge < -0.3 is 19.8 Å². The van der Waals surface area contributed by atoms with Crippen molar-refractivity contribution in [2.45, 2.75) is 31.7 Å². The van der Waals surface area contributed by atoms with Gasteiger partial charge in [0.1, 0.15) is 5.82 Å². The Morgan fingerprint density at radius 2 is 2.00 bits per heavy atom. The molecular weight excluding hydrogens is 435 g/mol. The topological polar surface area (TPSA) is 103 Å². The van der Waals surface area contributed by atoms with Gasteiger partial charge in [-0.15, -0.1) is 0 Å². The molecule has 0 bridgehead atoms. The van der Waals surface area contributed by atoms with Crippen molar-refractivity contribution < 1.29 is 29.6 Å². The van der Waals surface area contributed by atoms with Crippen molar-refractivity contribution in [2.75, 3.05) is 5.32 Å². The Labute approximate surface area is 209 Å². The number of aromatic nitrogens is 7. The van der Waals surface area contributed by atoms with E-state index in [0.29, 0.717) is 22.9 Å². The van der Waals surface area contributed by atoms with Gasteiger partial charge in [0.2, 0.25) is 0 Å². The van der Waals surface area contributed by atoms with E-state index < -0.39 is 0 Å². The fraction of sp³-hybridized carbons (Fsp3) is 0.238. The molecular formula is C21H19N8NaOS. The molecule has 0 unspecified atom stereocenters. The van der Waals surface area contributed by atoms with Gasteiger partial charge in [-0.05, 0) is 37.4 Å². The van der Waals surface area contributed by atoms with E-state index >= 15 is 0 Å². The van der Waals surface area contributed by atoms with E-state index in [1.807, 2.05) is 22.9 Å². The van der Waals surface area contributed by atoms with Crippen molar-refractivity contribution >= 4 is 33.7 Å². The Kier molecular flexibility index (Phi) is 7.26. The van der Waals surface area contributed by atoms with Crippen LogP contribution in [-0.2, 0) is 0 Å². The molecule has 5 heterocycles. The molecule has 1 saturated carbocycles. The molecule has 5 aromatic rings. The summed E-state index contributed by atoms with van der Waals surface area (Å²) in [6.45, 7) is 0. The monoisotopic (exact) mass is 454 g/mol. The van der Waals surface area contributed by atoms with E-state index in [-0.39, 0.29) is 35.1 Å². The van der Waals surface area contributed by atoms with Crippen molar-refractivity contribution in [3.63, 3.8) is 0 Å². The molecule has 0 aromatic carbocycles. The second-order valence-corrected chi connectivity index (χ2v) is 7.95. The Morgan fingerprint density at radius 3 is 2.78 bits per heavy atom. The molecule has 32 heavy (non-hydrogen) atoms. The maximum Gasteiger partial charge on any atom is 1.00 e. The first-order valence-electron chi connectivity index (χ1n) is 9.98. The third-order valence-corrected chi connectivity index (χ3v) is 5.90. The maximum atomic E-state index is 12.4. The van der Waals surface area contributed by atoms with E-state index in [1.54, 1.807) is 35.4 Å². The minimum Gasteiger partial charge on any atom is -0.397 e. The maximum absolute atomic E-state index is 12.4. The zero-order valence-electron chi connectivity index (χ0n) is 17.5. The van der Waals surface area contributed by atoms with Crippen molar-refractivity contribution in [1.29, 1.82) is 0 Å². The number of nitrogens with zero attached hydrogens (tertiary/aromatic N) is 7. The second kappa shape index (κ2) is 10.3. The number of hydrogen-bond donors (Lipinski definition) is 1. The van der Waals surface area contributed by atoms with Crippen LogP contribution < -0.4 is 40.4 Å². The molecule has 11 heteroatoms. The number of hydrogen-bond acceptors (Lipinski definition) is 8. The van der Waals surface area contributed by atoms with E-state index in [2.05, 4.69) is 36.8 Å². The smallest absolute Gasteiger partial charge is 0.397 e. The average Bonchev–Trinajstić information content (AvgIpc) is 3.57. The molecule has 1 aliphatic carbocycles. The number of pyridine rings is 1. The predicted octanol–water partition coefficient (Wildman–Crippen LogP) is 0.125. The van der Waals surface area contributed by atoms with Gasteiger partial charge >= 0.3 is 29.6 Å². The van der Waals surface area contributed by atoms with Crippen LogP contribution in [0.25, 0.3) is 22.2 Å². The summed E-state index contributed by atoms with van der Waals surface area (Å²) < 4.78 is 2.96. The molecule has 0 aliphatic heterocycles.